The summed E-state index contributed by atoms with van der Waals surface area (Å²) in [4.78, 5) is 16.2. The van der Waals surface area contributed by atoms with Gasteiger partial charge in [-0.2, -0.15) is 0 Å². The van der Waals surface area contributed by atoms with Crippen molar-refractivity contribution in [2.75, 3.05) is 31.1 Å². The van der Waals surface area contributed by atoms with Crippen molar-refractivity contribution in [2.24, 2.45) is 0 Å². The second-order valence-electron chi connectivity index (χ2n) is 6.18. The summed E-state index contributed by atoms with van der Waals surface area (Å²) in [5.41, 5.74) is 0.941. The molecule has 0 aliphatic carbocycles. The van der Waals surface area contributed by atoms with E-state index >= 15 is 0 Å². The SMILES string of the molecule is CCc1cc2c(N3CCN(Cc4cc(C)no4)CC3)ncnc2s1. The summed E-state index contributed by atoms with van der Waals surface area (Å²) in [5, 5.41) is 5.15. The highest BCUT2D eigenvalue weighted by atomic mass is 32.1. The van der Waals surface area contributed by atoms with Gasteiger partial charge < -0.3 is 9.42 Å². The van der Waals surface area contributed by atoms with E-state index in [1.165, 1.54) is 10.3 Å². The summed E-state index contributed by atoms with van der Waals surface area (Å²) < 4.78 is 5.33. The van der Waals surface area contributed by atoms with Crippen LogP contribution in [0, 0.1) is 6.92 Å². The van der Waals surface area contributed by atoms with Crippen molar-refractivity contribution in [1.29, 1.82) is 0 Å². The average molecular weight is 343 g/mol. The van der Waals surface area contributed by atoms with Crippen LogP contribution < -0.4 is 4.90 Å². The van der Waals surface area contributed by atoms with E-state index in [9.17, 15) is 0 Å². The van der Waals surface area contributed by atoms with Gasteiger partial charge in [0.05, 0.1) is 17.6 Å². The van der Waals surface area contributed by atoms with Gasteiger partial charge in [-0.05, 0) is 19.4 Å². The van der Waals surface area contributed by atoms with Crippen molar-refractivity contribution in [3.05, 3.63) is 34.8 Å². The van der Waals surface area contributed by atoms with E-state index in [2.05, 4.69) is 37.9 Å². The van der Waals surface area contributed by atoms with Gasteiger partial charge in [0.2, 0.25) is 0 Å². The van der Waals surface area contributed by atoms with Crippen LogP contribution in [0.3, 0.4) is 0 Å². The molecule has 1 aliphatic rings. The Morgan fingerprint density at radius 2 is 2.00 bits per heavy atom. The van der Waals surface area contributed by atoms with Crippen LogP contribution in [-0.2, 0) is 13.0 Å². The Morgan fingerprint density at radius 3 is 2.71 bits per heavy atom. The number of rotatable bonds is 4. The monoisotopic (exact) mass is 343 g/mol. The Kier molecular flexibility index (Phi) is 4.20. The normalized spacial score (nSPS) is 16.2. The van der Waals surface area contributed by atoms with Crippen LogP contribution in [0.15, 0.2) is 23.0 Å². The number of aromatic nitrogens is 3. The van der Waals surface area contributed by atoms with Crippen LogP contribution in [-0.4, -0.2) is 46.2 Å². The summed E-state index contributed by atoms with van der Waals surface area (Å²) in [6, 6.07) is 4.26. The van der Waals surface area contributed by atoms with Gasteiger partial charge in [-0.3, -0.25) is 4.90 Å². The van der Waals surface area contributed by atoms with Crippen LogP contribution in [0.2, 0.25) is 0 Å². The van der Waals surface area contributed by atoms with Gasteiger partial charge in [-0.25, -0.2) is 9.97 Å². The lowest BCUT2D eigenvalue weighted by Gasteiger charge is -2.35. The molecule has 0 amide bonds. The maximum absolute atomic E-state index is 5.33. The smallest absolute Gasteiger partial charge is 0.150 e. The molecule has 0 N–H and O–H groups in total. The van der Waals surface area contributed by atoms with Crippen molar-refractivity contribution in [3.63, 3.8) is 0 Å². The van der Waals surface area contributed by atoms with E-state index in [-0.39, 0.29) is 0 Å². The van der Waals surface area contributed by atoms with Crippen molar-refractivity contribution in [2.45, 2.75) is 26.8 Å². The zero-order valence-corrected chi connectivity index (χ0v) is 14.8. The third-order valence-electron chi connectivity index (χ3n) is 4.44. The molecule has 3 aromatic heterocycles. The summed E-state index contributed by atoms with van der Waals surface area (Å²) in [5.74, 6) is 2.02. The second-order valence-corrected chi connectivity index (χ2v) is 7.30. The first kappa shape index (κ1) is 15.5. The molecule has 0 atom stereocenters. The zero-order valence-electron chi connectivity index (χ0n) is 14.0. The Morgan fingerprint density at radius 1 is 1.17 bits per heavy atom. The molecule has 0 saturated carbocycles. The predicted molar refractivity (Wildman–Crippen MR) is 95.5 cm³/mol. The Labute approximate surface area is 145 Å². The van der Waals surface area contributed by atoms with Gasteiger partial charge in [-0.1, -0.05) is 12.1 Å². The average Bonchev–Trinajstić information content (AvgIpc) is 3.21. The number of fused-ring (bicyclic) bond motifs is 1. The molecule has 0 spiro atoms. The van der Waals surface area contributed by atoms with E-state index in [0.29, 0.717) is 0 Å². The predicted octanol–water partition coefficient (Wildman–Crippen LogP) is 2.87. The molecule has 126 valence electrons. The molecule has 0 radical (unpaired) electrons. The maximum Gasteiger partial charge on any atom is 0.150 e. The first-order chi connectivity index (χ1) is 11.7. The van der Waals surface area contributed by atoms with Crippen LogP contribution in [0.5, 0.6) is 0 Å². The maximum atomic E-state index is 5.33. The number of aryl methyl sites for hydroxylation is 2. The lowest BCUT2D eigenvalue weighted by Crippen LogP contribution is -2.46. The standard InChI is InChI=1S/C17H21N5OS/c1-3-14-9-15-16(18-11-19-17(15)24-14)22-6-4-21(5-7-22)10-13-8-12(2)20-23-13/h8-9,11H,3-7,10H2,1-2H3. The molecule has 1 aliphatic heterocycles. The molecule has 1 saturated heterocycles. The van der Waals surface area contributed by atoms with E-state index in [0.717, 1.165) is 61.2 Å². The number of hydrogen-bond acceptors (Lipinski definition) is 7. The lowest BCUT2D eigenvalue weighted by atomic mass is 10.2. The first-order valence-electron chi connectivity index (χ1n) is 8.36. The zero-order chi connectivity index (χ0) is 16.5. The minimum absolute atomic E-state index is 0.826. The van der Waals surface area contributed by atoms with Gasteiger partial charge in [0, 0.05) is 37.1 Å². The highest BCUT2D eigenvalue weighted by molar-refractivity contribution is 7.18. The molecule has 4 heterocycles. The first-order valence-corrected chi connectivity index (χ1v) is 9.17. The molecule has 6 nitrogen and oxygen atoms in total. The summed E-state index contributed by atoms with van der Waals surface area (Å²) >= 11 is 1.77. The molecular weight excluding hydrogens is 322 g/mol. The molecule has 0 aromatic carbocycles. The van der Waals surface area contributed by atoms with Gasteiger partial charge in [0.1, 0.15) is 17.0 Å². The third kappa shape index (κ3) is 3.01. The summed E-state index contributed by atoms with van der Waals surface area (Å²) in [6.07, 6.45) is 2.74. The van der Waals surface area contributed by atoms with Gasteiger partial charge >= 0.3 is 0 Å². The molecule has 0 bridgehead atoms. The summed E-state index contributed by atoms with van der Waals surface area (Å²) in [6.45, 7) is 8.89. The van der Waals surface area contributed by atoms with Crippen molar-refractivity contribution in [1.82, 2.24) is 20.0 Å². The number of nitrogens with zero attached hydrogens (tertiary/aromatic N) is 5. The van der Waals surface area contributed by atoms with Crippen molar-refractivity contribution >= 4 is 27.4 Å². The van der Waals surface area contributed by atoms with E-state index in [4.69, 9.17) is 4.52 Å². The molecule has 24 heavy (non-hydrogen) atoms. The van der Waals surface area contributed by atoms with Crippen molar-refractivity contribution in [3.8, 4) is 0 Å². The number of anilines is 1. The van der Waals surface area contributed by atoms with Crippen molar-refractivity contribution < 1.29 is 4.52 Å². The molecule has 4 rings (SSSR count). The molecule has 7 heteroatoms. The van der Waals surface area contributed by atoms with Crippen LogP contribution in [0.1, 0.15) is 23.3 Å². The molecule has 1 fully saturated rings. The number of piperazine rings is 1. The molecule has 3 aromatic rings. The molecule has 0 unspecified atom stereocenters. The number of thiophene rings is 1. The minimum Gasteiger partial charge on any atom is -0.360 e. The van der Waals surface area contributed by atoms with Crippen LogP contribution in [0.25, 0.3) is 10.2 Å². The van der Waals surface area contributed by atoms with E-state index in [1.54, 1.807) is 17.7 Å². The fraction of sp³-hybridized carbons (Fsp3) is 0.471. The van der Waals surface area contributed by atoms with Gasteiger partial charge in [-0.15, -0.1) is 11.3 Å². The Balaban J connectivity index is 1.46. The van der Waals surface area contributed by atoms with Gasteiger partial charge in [0.15, 0.2) is 5.76 Å². The minimum atomic E-state index is 0.826. The fourth-order valence-electron chi connectivity index (χ4n) is 3.15. The quantitative estimate of drug-likeness (QED) is 0.726. The highest BCUT2D eigenvalue weighted by Crippen LogP contribution is 2.31. The van der Waals surface area contributed by atoms with Crippen LogP contribution >= 0.6 is 11.3 Å². The van der Waals surface area contributed by atoms with Gasteiger partial charge in [0.25, 0.3) is 0 Å². The number of hydrogen-bond donors (Lipinski definition) is 0. The third-order valence-corrected chi connectivity index (χ3v) is 5.62. The fourth-order valence-corrected chi connectivity index (χ4v) is 4.08. The highest BCUT2D eigenvalue weighted by Gasteiger charge is 2.21. The second kappa shape index (κ2) is 6.49. The topological polar surface area (TPSA) is 58.3 Å². The summed E-state index contributed by atoms with van der Waals surface area (Å²) in [7, 11) is 0. The van der Waals surface area contributed by atoms with Crippen LogP contribution in [0.4, 0.5) is 5.82 Å². The Hall–Kier alpha value is -1.99. The lowest BCUT2D eigenvalue weighted by molar-refractivity contribution is 0.219. The molecular formula is C17H21N5OS. The van der Waals surface area contributed by atoms with E-state index < -0.39 is 0 Å². The Bertz CT molecular complexity index is 834. The van der Waals surface area contributed by atoms with E-state index in [1.807, 2.05) is 13.0 Å². The largest absolute Gasteiger partial charge is 0.360 e.